The van der Waals surface area contributed by atoms with Crippen molar-refractivity contribution in [3.8, 4) is 0 Å². The molecule has 0 radical (unpaired) electrons. The van der Waals surface area contributed by atoms with Gasteiger partial charge in [-0.1, -0.05) is 12.2 Å². The summed E-state index contributed by atoms with van der Waals surface area (Å²) in [5, 5.41) is 0. The number of hydrogen-bond donors (Lipinski definition) is 0. The van der Waals surface area contributed by atoms with E-state index in [4.69, 9.17) is 9.47 Å². The van der Waals surface area contributed by atoms with Crippen molar-refractivity contribution in [1.29, 1.82) is 0 Å². The maximum absolute atomic E-state index is 11.7. The van der Waals surface area contributed by atoms with Gasteiger partial charge in [-0.15, -0.1) is 0 Å². The highest BCUT2D eigenvalue weighted by atomic mass is 16.7. The Hall–Kier alpha value is -1.46. The van der Waals surface area contributed by atoms with Crippen LogP contribution in [0.4, 0.5) is 0 Å². The molecular weight excluding hydrogens is 284 g/mol. The van der Waals surface area contributed by atoms with Crippen molar-refractivity contribution in [3.05, 3.63) is 23.8 Å². The predicted octanol–water partition coefficient (Wildman–Crippen LogP) is 2.94. The van der Waals surface area contributed by atoms with E-state index in [0.29, 0.717) is 19.4 Å². The summed E-state index contributed by atoms with van der Waals surface area (Å²) in [7, 11) is 1.39. The van der Waals surface area contributed by atoms with Gasteiger partial charge in [0.25, 0.3) is 0 Å². The van der Waals surface area contributed by atoms with Gasteiger partial charge in [0, 0.05) is 6.42 Å². The van der Waals surface area contributed by atoms with Gasteiger partial charge in [0.05, 0.1) is 13.7 Å². The molecule has 0 amide bonds. The lowest BCUT2D eigenvalue weighted by Crippen LogP contribution is -2.21. The minimum Gasteiger partial charge on any atom is -0.469 e. The van der Waals surface area contributed by atoms with E-state index in [9.17, 15) is 9.59 Å². The molecule has 0 aromatic carbocycles. The monoisotopic (exact) mass is 310 g/mol. The lowest BCUT2D eigenvalue weighted by atomic mass is 10.1. The Balaban J connectivity index is 2.42. The van der Waals surface area contributed by atoms with Gasteiger partial charge in [-0.25, -0.2) is 0 Å². The predicted molar refractivity (Wildman–Crippen MR) is 83.3 cm³/mol. The lowest BCUT2D eigenvalue weighted by molar-refractivity contribution is -0.140. The van der Waals surface area contributed by atoms with E-state index < -0.39 is 5.79 Å². The third kappa shape index (κ3) is 7.00. The van der Waals surface area contributed by atoms with Crippen molar-refractivity contribution in [2.24, 2.45) is 0 Å². The molecule has 1 atom stereocenters. The van der Waals surface area contributed by atoms with E-state index in [1.165, 1.54) is 7.11 Å². The van der Waals surface area contributed by atoms with Crippen LogP contribution in [0.2, 0.25) is 0 Å². The number of ketones is 1. The van der Waals surface area contributed by atoms with Crippen LogP contribution in [0.25, 0.3) is 0 Å². The number of carbonyl (C=O) groups excluding carboxylic acids is 2. The summed E-state index contributed by atoms with van der Waals surface area (Å²) in [5.74, 6) is -0.751. The highest BCUT2D eigenvalue weighted by Crippen LogP contribution is 2.24. The van der Waals surface area contributed by atoms with Gasteiger partial charge in [-0.05, 0) is 51.7 Å². The molecule has 0 bridgehead atoms. The van der Waals surface area contributed by atoms with Crippen molar-refractivity contribution < 1.29 is 23.8 Å². The first kappa shape index (κ1) is 18.6. The fourth-order valence-electron chi connectivity index (χ4n) is 2.15. The van der Waals surface area contributed by atoms with Crippen LogP contribution in [0.1, 0.15) is 46.5 Å². The fourth-order valence-corrected chi connectivity index (χ4v) is 2.15. The highest BCUT2D eigenvalue weighted by molar-refractivity contribution is 5.93. The van der Waals surface area contributed by atoms with Crippen molar-refractivity contribution in [3.63, 3.8) is 0 Å². The summed E-state index contributed by atoms with van der Waals surface area (Å²) in [6.45, 7) is 5.73. The van der Waals surface area contributed by atoms with Crippen LogP contribution >= 0.6 is 0 Å². The van der Waals surface area contributed by atoms with Gasteiger partial charge in [0.1, 0.15) is 6.10 Å². The Labute approximate surface area is 132 Å². The van der Waals surface area contributed by atoms with Gasteiger partial charge in [-0.3, -0.25) is 9.59 Å². The van der Waals surface area contributed by atoms with Crippen molar-refractivity contribution in [2.75, 3.05) is 13.7 Å². The number of ether oxygens (including phenoxy) is 3. The molecule has 0 aromatic heterocycles. The van der Waals surface area contributed by atoms with E-state index in [0.717, 1.165) is 18.4 Å². The van der Waals surface area contributed by atoms with E-state index in [1.54, 1.807) is 6.92 Å². The summed E-state index contributed by atoms with van der Waals surface area (Å²) in [4.78, 5) is 22.6. The van der Waals surface area contributed by atoms with Crippen LogP contribution in [0.15, 0.2) is 23.8 Å². The number of hydrogen-bond acceptors (Lipinski definition) is 5. The van der Waals surface area contributed by atoms with Gasteiger partial charge in [-0.2, -0.15) is 0 Å². The van der Waals surface area contributed by atoms with Crippen molar-refractivity contribution in [1.82, 2.24) is 0 Å². The normalized spacial score (nSPS) is 21.3. The van der Waals surface area contributed by atoms with Crippen LogP contribution < -0.4 is 0 Å². The number of methoxy groups -OCH3 is 1. The Kier molecular flexibility index (Phi) is 7.48. The van der Waals surface area contributed by atoms with E-state index in [1.807, 2.05) is 32.1 Å². The molecule has 5 heteroatoms. The molecule has 1 aliphatic rings. The molecular formula is C17H26O5. The maximum Gasteiger partial charge on any atom is 0.305 e. The van der Waals surface area contributed by atoms with E-state index in [2.05, 4.69) is 4.74 Å². The largest absolute Gasteiger partial charge is 0.469 e. The van der Waals surface area contributed by atoms with Gasteiger partial charge in [0.2, 0.25) is 0 Å². The molecule has 0 spiro atoms. The molecule has 1 heterocycles. The zero-order valence-corrected chi connectivity index (χ0v) is 13.9. The number of allylic oxidation sites excluding steroid dienone is 3. The summed E-state index contributed by atoms with van der Waals surface area (Å²) in [5.41, 5.74) is 0.718. The summed E-state index contributed by atoms with van der Waals surface area (Å²) < 4.78 is 15.7. The lowest BCUT2D eigenvalue weighted by Gasteiger charge is -2.16. The molecule has 22 heavy (non-hydrogen) atoms. The Bertz CT molecular complexity index is 448. The van der Waals surface area contributed by atoms with Crippen molar-refractivity contribution in [2.45, 2.75) is 58.3 Å². The molecule has 1 fully saturated rings. The van der Waals surface area contributed by atoms with E-state index in [-0.39, 0.29) is 17.9 Å². The SMILES string of the molecule is COC(=O)CCC/C=C\C/C(=C/C1COC(C)(C)O1)C(C)=O. The molecule has 0 aliphatic carbocycles. The number of Topliss-reactive ketones (excluding diaryl/α,β-unsaturated/α-hetero) is 1. The van der Waals surface area contributed by atoms with Crippen LogP contribution in [-0.4, -0.2) is 37.4 Å². The van der Waals surface area contributed by atoms with Crippen LogP contribution in [0, 0.1) is 0 Å². The molecule has 1 saturated heterocycles. The summed E-state index contributed by atoms with van der Waals surface area (Å²) in [6, 6.07) is 0. The maximum atomic E-state index is 11.7. The third-order valence-electron chi connectivity index (χ3n) is 3.35. The quantitative estimate of drug-likeness (QED) is 0.298. The Morgan fingerprint density at radius 3 is 2.59 bits per heavy atom. The fraction of sp³-hybridized carbons (Fsp3) is 0.647. The second-order valence-electron chi connectivity index (χ2n) is 5.76. The minimum atomic E-state index is -0.590. The number of rotatable bonds is 8. The summed E-state index contributed by atoms with van der Waals surface area (Å²) >= 11 is 0. The standard InChI is InChI=1S/C17H26O5/c1-13(18)14(11-15-12-21-17(2,3)22-15)9-7-5-6-8-10-16(19)20-4/h5,7,11,15H,6,8-10,12H2,1-4H3/b7-5-,14-11-. The zero-order chi connectivity index (χ0) is 16.6. The number of unbranched alkanes of at least 4 members (excludes halogenated alkanes) is 1. The first-order chi connectivity index (χ1) is 10.3. The Morgan fingerprint density at radius 2 is 2.05 bits per heavy atom. The zero-order valence-electron chi connectivity index (χ0n) is 13.9. The first-order valence-corrected chi connectivity index (χ1v) is 7.59. The topological polar surface area (TPSA) is 61.8 Å². The molecule has 1 rings (SSSR count). The van der Waals surface area contributed by atoms with Crippen LogP contribution in [0.3, 0.4) is 0 Å². The second kappa shape index (κ2) is 8.86. The van der Waals surface area contributed by atoms with Gasteiger partial charge in [0.15, 0.2) is 11.6 Å². The molecule has 1 unspecified atom stereocenters. The summed E-state index contributed by atoms with van der Waals surface area (Å²) in [6.07, 6.45) is 8.11. The van der Waals surface area contributed by atoms with Crippen LogP contribution in [0.5, 0.6) is 0 Å². The third-order valence-corrected chi connectivity index (χ3v) is 3.35. The molecule has 0 N–H and O–H groups in total. The van der Waals surface area contributed by atoms with E-state index >= 15 is 0 Å². The van der Waals surface area contributed by atoms with Crippen molar-refractivity contribution >= 4 is 11.8 Å². The molecule has 5 nitrogen and oxygen atoms in total. The van der Waals surface area contributed by atoms with Crippen LogP contribution in [-0.2, 0) is 23.8 Å². The highest BCUT2D eigenvalue weighted by Gasteiger charge is 2.31. The first-order valence-electron chi connectivity index (χ1n) is 7.59. The minimum absolute atomic E-state index is 0.0347. The van der Waals surface area contributed by atoms with Gasteiger partial charge < -0.3 is 14.2 Å². The molecule has 0 saturated carbocycles. The molecule has 0 aromatic rings. The Morgan fingerprint density at radius 1 is 1.32 bits per heavy atom. The average Bonchev–Trinajstić information content (AvgIpc) is 2.79. The molecule has 124 valence electrons. The smallest absolute Gasteiger partial charge is 0.305 e. The number of esters is 1. The van der Waals surface area contributed by atoms with Gasteiger partial charge >= 0.3 is 5.97 Å². The molecule has 1 aliphatic heterocycles. The average molecular weight is 310 g/mol. The number of carbonyl (C=O) groups is 2. The second-order valence-corrected chi connectivity index (χ2v) is 5.76.